The molecule has 0 spiro atoms. The normalized spacial score (nSPS) is 17.5. The molecule has 1 unspecified atom stereocenters. The van der Waals surface area contributed by atoms with E-state index in [1.54, 1.807) is 17.7 Å². The Bertz CT molecular complexity index is 655. The lowest BCUT2D eigenvalue weighted by Gasteiger charge is -2.24. The summed E-state index contributed by atoms with van der Waals surface area (Å²) in [5.74, 6) is 0.762. The smallest absolute Gasteiger partial charge is 0.318 e. The molecule has 0 aromatic carbocycles. The number of nitrogens with one attached hydrogen (secondary N) is 1. The predicted octanol–water partition coefficient (Wildman–Crippen LogP) is 1.86. The first-order valence-corrected chi connectivity index (χ1v) is 9.15. The predicted molar refractivity (Wildman–Crippen MR) is 93.7 cm³/mol. The van der Waals surface area contributed by atoms with Gasteiger partial charge in [-0.05, 0) is 24.8 Å². The Labute approximate surface area is 146 Å². The van der Waals surface area contributed by atoms with Crippen LogP contribution in [0.1, 0.15) is 30.1 Å². The molecule has 0 saturated carbocycles. The molecule has 3 heterocycles. The van der Waals surface area contributed by atoms with Crippen molar-refractivity contribution in [2.24, 2.45) is 7.05 Å². The zero-order valence-corrected chi connectivity index (χ0v) is 15.0. The van der Waals surface area contributed by atoms with Gasteiger partial charge in [0.1, 0.15) is 6.33 Å². The zero-order chi connectivity index (χ0) is 16.9. The average Bonchev–Trinajstić information content (AvgIpc) is 3.15. The third-order valence-electron chi connectivity index (χ3n) is 4.31. The molecule has 0 bridgehead atoms. The van der Waals surface area contributed by atoms with Gasteiger partial charge in [0.25, 0.3) is 0 Å². The van der Waals surface area contributed by atoms with Crippen molar-refractivity contribution >= 4 is 17.4 Å². The number of carbonyl (C=O) groups excluding carboxylic acids is 1. The Morgan fingerprint density at radius 3 is 2.96 bits per heavy atom. The number of aromatic nitrogens is 3. The highest BCUT2D eigenvalue weighted by Crippen LogP contribution is 2.14. The zero-order valence-electron chi connectivity index (χ0n) is 14.2. The summed E-state index contributed by atoms with van der Waals surface area (Å²) in [7, 11) is 1.88. The fraction of sp³-hybridized carbons (Fsp3) is 0.562. The number of hydrogen-bond acceptors (Lipinski definition) is 5. The molecule has 2 aromatic rings. The number of nitrogens with zero attached hydrogens (tertiary/aromatic N) is 5. The van der Waals surface area contributed by atoms with E-state index < -0.39 is 0 Å². The minimum atomic E-state index is -0.157. The molecule has 8 heteroatoms. The maximum Gasteiger partial charge on any atom is 0.318 e. The van der Waals surface area contributed by atoms with Gasteiger partial charge in [-0.2, -0.15) is 0 Å². The molecule has 0 radical (unpaired) electrons. The summed E-state index contributed by atoms with van der Waals surface area (Å²) in [6, 6.07) is 4.08. The Kier molecular flexibility index (Phi) is 5.47. The van der Waals surface area contributed by atoms with Crippen LogP contribution in [0.15, 0.2) is 23.8 Å². The molecule has 3 rings (SSSR count). The largest absolute Gasteiger partial charge is 0.328 e. The molecule has 130 valence electrons. The number of amides is 2. The highest BCUT2D eigenvalue weighted by molar-refractivity contribution is 7.09. The Morgan fingerprint density at radius 1 is 1.38 bits per heavy atom. The number of carbonyl (C=O) groups is 1. The lowest BCUT2D eigenvalue weighted by Crippen LogP contribution is -2.43. The van der Waals surface area contributed by atoms with Gasteiger partial charge in [0.2, 0.25) is 0 Å². The van der Waals surface area contributed by atoms with E-state index in [-0.39, 0.29) is 12.1 Å². The first-order valence-electron chi connectivity index (χ1n) is 8.27. The summed E-state index contributed by atoms with van der Waals surface area (Å²) >= 11 is 1.79. The van der Waals surface area contributed by atoms with Crippen LogP contribution in [0.3, 0.4) is 0 Å². The fourth-order valence-corrected chi connectivity index (χ4v) is 3.73. The first-order chi connectivity index (χ1) is 11.6. The van der Waals surface area contributed by atoms with E-state index in [4.69, 9.17) is 0 Å². The summed E-state index contributed by atoms with van der Waals surface area (Å²) in [5.41, 5.74) is 0. The maximum atomic E-state index is 12.5. The monoisotopic (exact) mass is 348 g/mol. The third-order valence-corrected chi connectivity index (χ3v) is 5.17. The van der Waals surface area contributed by atoms with Gasteiger partial charge in [-0.15, -0.1) is 21.5 Å². The van der Waals surface area contributed by atoms with Crippen molar-refractivity contribution in [2.75, 3.05) is 26.2 Å². The van der Waals surface area contributed by atoms with Crippen LogP contribution in [-0.4, -0.2) is 56.8 Å². The van der Waals surface area contributed by atoms with Gasteiger partial charge < -0.3 is 14.8 Å². The molecule has 1 N–H and O–H groups in total. The SMILES string of the molecule is CC(NC(=O)N1CCCN(Cc2cccs2)CC1)c1nncn1C. The van der Waals surface area contributed by atoms with Gasteiger partial charge in [0.15, 0.2) is 5.82 Å². The maximum absolute atomic E-state index is 12.5. The Balaban J connectivity index is 1.51. The van der Waals surface area contributed by atoms with Crippen LogP contribution in [0.5, 0.6) is 0 Å². The van der Waals surface area contributed by atoms with Gasteiger partial charge in [0.05, 0.1) is 6.04 Å². The van der Waals surface area contributed by atoms with Gasteiger partial charge in [-0.3, -0.25) is 4.90 Å². The number of urea groups is 1. The second-order valence-electron chi connectivity index (χ2n) is 6.17. The number of aryl methyl sites for hydroxylation is 1. The van der Waals surface area contributed by atoms with Gasteiger partial charge in [0, 0.05) is 44.6 Å². The summed E-state index contributed by atoms with van der Waals surface area (Å²) in [5, 5.41) is 13.1. The fourth-order valence-electron chi connectivity index (χ4n) is 2.98. The third kappa shape index (κ3) is 4.12. The summed E-state index contributed by atoms with van der Waals surface area (Å²) < 4.78 is 1.83. The first kappa shape index (κ1) is 16.9. The van der Waals surface area contributed by atoms with E-state index in [1.165, 1.54) is 4.88 Å². The highest BCUT2D eigenvalue weighted by Gasteiger charge is 2.22. The second kappa shape index (κ2) is 7.76. The molecule has 1 fully saturated rings. The van der Waals surface area contributed by atoms with Crippen LogP contribution in [-0.2, 0) is 13.6 Å². The van der Waals surface area contributed by atoms with Gasteiger partial charge in [-0.1, -0.05) is 6.07 Å². The molecule has 1 aliphatic rings. The molecule has 1 aliphatic heterocycles. The molecule has 2 amide bonds. The van der Waals surface area contributed by atoms with E-state index in [2.05, 4.69) is 37.9 Å². The van der Waals surface area contributed by atoms with E-state index in [9.17, 15) is 4.79 Å². The standard InChI is InChI=1S/C16H24N6OS/c1-13(15-19-17-12-20(15)2)18-16(23)22-7-4-6-21(8-9-22)11-14-5-3-10-24-14/h3,5,10,12-13H,4,6-9,11H2,1-2H3,(H,18,23). The van der Waals surface area contributed by atoms with E-state index >= 15 is 0 Å². The minimum Gasteiger partial charge on any atom is -0.328 e. The van der Waals surface area contributed by atoms with Crippen molar-refractivity contribution in [1.82, 2.24) is 29.9 Å². The van der Waals surface area contributed by atoms with Crippen molar-refractivity contribution < 1.29 is 4.79 Å². The molecule has 2 aromatic heterocycles. The molecule has 24 heavy (non-hydrogen) atoms. The van der Waals surface area contributed by atoms with Crippen LogP contribution in [0, 0.1) is 0 Å². The topological polar surface area (TPSA) is 66.3 Å². The van der Waals surface area contributed by atoms with Crippen molar-refractivity contribution in [3.8, 4) is 0 Å². The molecule has 7 nitrogen and oxygen atoms in total. The lowest BCUT2D eigenvalue weighted by atomic mass is 10.3. The average molecular weight is 348 g/mol. The van der Waals surface area contributed by atoms with Crippen LogP contribution >= 0.6 is 11.3 Å². The number of thiophene rings is 1. The van der Waals surface area contributed by atoms with Crippen molar-refractivity contribution in [3.63, 3.8) is 0 Å². The summed E-state index contributed by atoms with van der Waals surface area (Å²) in [6.07, 6.45) is 2.64. The van der Waals surface area contributed by atoms with E-state index in [0.29, 0.717) is 0 Å². The van der Waals surface area contributed by atoms with Crippen molar-refractivity contribution in [3.05, 3.63) is 34.5 Å². The molecule has 0 aliphatic carbocycles. The second-order valence-corrected chi connectivity index (χ2v) is 7.20. The van der Waals surface area contributed by atoms with Gasteiger partial charge in [-0.25, -0.2) is 4.79 Å². The quantitative estimate of drug-likeness (QED) is 0.916. The van der Waals surface area contributed by atoms with Crippen molar-refractivity contribution in [1.29, 1.82) is 0 Å². The van der Waals surface area contributed by atoms with Gasteiger partial charge >= 0.3 is 6.03 Å². The van der Waals surface area contributed by atoms with Crippen molar-refractivity contribution in [2.45, 2.75) is 25.9 Å². The van der Waals surface area contributed by atoms with E-state index in [0.717, 1.165) is 45.0 Å². The number of rotatable bonds is 4. The Hall–Kier alpha value is -1.93. The van der Waals surface area contributed by atoms with Crippen LogP contribution in [0.25, 0.3) is 0 Å². The number of hydrogen-bond donors (Lipinski definition) is 1. The molecule has 1 atom stereocenters. The molecular weight excluding hydrogens is 324 g/mol. The molecule has 1 saturated heterocycles. The minimum absolute atomic E-state index is 0.0246. The van der Waals surface area contributed by atoms with Crippen LogP contribution < -0.4 is 5.32 Å². The summed E-state index contributed by atoms with van der Waals surface area (Å²) in [6.45, 7) is 6.39. The lowest BCUT2D eigenvalue weighted by molar-refractivity contribution is 0.194. The van der Waals surface area contributed by atoms with Crippen LogP contribution in [0.2, 0.25) is 0 Å². The van der Waals surface area contributed by atoms with Crippen LogP contribution in [0.4, 0.5) is 4.79 Å². The Morgan fingerprint density at radius 2 is 2.25 bits per heavy atom. The van der Waals surface area contributed by atoms with E-state index in [1.807, 2.05) is 23.4 Å². The summed E-state index contributed by atoms with van der Waals surface area (Å²) in [4.78, 5) is 18.2. The highest BCUT2D eigenvalue weighted by atomic mass is 32.1. The molecular formula is C16H24N6OS.